The van der Waals surface area contributed by atoms with Gasteiger partial charge in [0.1, 0.15) is 0 Å². The van der Waals surface area contributed by atoms with E-state index in [1.807, 2.05) is 6.92 Å². The van der Waals surface area contributed by atoms with Crippen LogP contribution in [-0.2, 0) is 9.84 Å². The second-order valence-electron chi connectivity index (χ2n) is 4.62. The molecule has 1 atom stereocenters. The summed E-state index contributed by atoms with van der Waals surface area (Å²) in [6, 6.07) is 6.02. The van der Waals surface area contributed by atoms with Crippen LogP contribution in [0.2, 0.25) is 0 Å². The first-order chi connectivity index (χ1) is 9.25. The fraction of sp³-hybridized carbons (Fsp3) is 0.286. The SMILES string of the molecule is C=C/C=C/CC(C)([N+](=O)[O-])S(=O)(=O)c1ccc(C)cc1. The van der Waals surface area contributed by atoms with Crippen LogP contribution in [0.25, 0.3) is 0 Å². The molecule has 20 heavy (non-hydrogen) atoms. The van der Waals surface area contributed by atoms with E-state index in [0.29, 0.717) is 0 Å². The maximum atomic E-state index is 12.5. The third kappa shape index (κ3) is 2.96. The van der Waals surface area contributed by atoms with E-state index in [1.54, 1.807) is 12.1 Å². The van der Waals surface area contributed by atoms with E-state index in [1.165, 1.54) is 30.4 Å². The number of benzene rings is 1. The van der Waals surface area contributed by atoms with Gasteiger partial charge in [-0.3, -0.25) is 10.1 Å². The lowest BCUT2D eigenvalue weighted by atomic mass is 10.2. The van der Waals surface area contributed by atoms with Crippen LogP contribution in [0.1, 0.15) is 18.9 Å². The normalized spacial score (nSPS) is 14.9. The summed E-state index contributed by atoms with van der Waals surface area (Å²) in [5.74, 6) is 0. The predicted molar refractivity (Wildman–Crippen MR) is 77.7 cm³/mol. The van der Waals surface area contributed by atoms with E-state index in [0.717, 1.165) is 12.5 Å². The molecule has 1 aromatic carbocycles. The van der Waals surface area contributed by atoms with Crippen molar-refractivity contribution in [2.24, 2.45) is 0 Å². The zero-order valence-electron chi connectivity index (χ0n) is 11.4. The van der Waals surface area contributed by atoms with Gasteiger partial charge in [0.2, 0.25) is 9.84 Å². The van der Waals surface area contributed by atoms with Gasteiger partial charge in [-0.15, -0.1) is 0 Å². The van der Waals surface area contributed by atoms with E-state index in [2.05, 4.69) is 6.58 Å². The molecule has 0 saturated heterocycles. The van der Waals surface area contributed by atoms with Gasteiger partial charge in [-0.05, 0) is 19.1 Å². The Labute approximate surface area is 118 Å². The molecule has 0 heterocycles. The first kappa shape index (κ1) is 16.1. The highest BCUT2D eigenvalue weighted by atomic mass is 32.2. The fourth-order valence-corrected chi connectivity index (χ4v) is 3.15. The van der Waals surface area contributed by atoms with Gasteiger partial charge < -0.3 is 0 Å². The molecule has 1 rings (SSSR count). The van der Waals surface area contributed by atoms with Gasteiger partial charge >= 0.3 is 4.87 Å². The van der Waals surface area contributed by atoms with Crippen LogP contribution in [0.5, 0.6) is 0 Å². The van der Waals surface area contributed by atoms with E-state index in [9.17, 15) is 18.5 Å². The smallest absolute Gasteiger partial charge is 0.263 e. The van der Waals surface area contributed by atoms with Gasteiger partial charge in [-0.1, -0.05) is 42.5 Å². The number of hydrogen-bond acceptors (Lipinski definition) is 4. The Bertz CT molecular complexity index is 632. The van der Waals surface area contributed by atoms with Crippen molar-refractivity contribution in [2.45, 2.75) is 30.0 Å². The largest absolute Gasteiger partial charge is 0.324 e. The second-order valence-corrected chi connectivity index (χ2v) is 6.97. The summed E-state index contributed by atoms with van der Waals surface area (Å²) in [5.41, 5.74) is 0.887. The number of nitrogens with zero attached hydrogens (tertiary/aromatic N) is 1. The molecule has 0 radical (unpaired) electrons. The molecule has 0 aliphatic heterocycles. The van der Waals surface area contributed by atoms with Crippen LogP contribution >= 0.6 is 0 Å². The van der Waals surface area contributed by atoms with Crippen molar-refractivity contribution in [2.75, 3.05) is 0 Å². The topological polar surface area (TPSA) is 77.3 Å². The minimum atomic E-state index is -4.08. The molecule has 108 valence electrons. The number of aryl methyl sites for hydroxylation is 1. The number of hydrogen-bond donors (Lipinski definition) is 0. The first-order valence-electron chi connectivity index (χ1n) is 5.99. The summed E-state index contributed by atoms with van der Waals surface area (Å²) in [5, 5.41) is 11.3. The summed E-state index contributed by atoms with van der Waals surface area (Å²) in [6.07, 6.45) is 4.15. The van der Waals surface area contributed by atoms with Crippen molar-refractivity contribution in [3.63, 3.8) is 0 Å². The zero-order valence-corrected chi connectivity index (χ0v) is 12.3. The lowest BCUT2D eigenvalue weighted by Gasteiger charge is -2.19. The van der Waals surface area contributed by atoms with Gasteiger partial charge in [-0.25, -0.2) is 8.42 Å². The predicted octanol–water partition coefficient (Wildman–Crippen LogP) is 2.89. The highest BCUT2D eigenvalue weighted by Crippen LogP contribution is 2.30. The summed E-state index contributed by atoms with van der Waals surface area (Å²) in [7, 11) is -4.08. The summed E-state index contributed by atoms with van der Waals surface area (Å²) in [6.45, 7) is 6.39. The highest BCUT2D eigenvalue weighted by Gasteiger charge is 2.50. The van der Waals surface area contributed by atoms with Crippen molar-refractivity contribution in [1.82, 2.24) is 0 Å². The van der Waals surface area contributed by atoms with Crippen molar-refractivity contribution in [3.05, 3.63) is 64.8 Å². The standard InChI is InChI=1S/C14H17NO4S/c1-4-5-6-11-14(3,15(16)17)20(18,19)13-9-7-12(2)8-10-13/h4-10H,1,11H2,2-3H3/b6-5+. The third-order valence-electron chi connectivity index (χ3n) is 3.07. The minimum Gasteiger partial charge on any atom is -0.263 e. The molecule has 6 heteroatoms. The molecule has 0 aliphatic rings. The summed E-state index contributed by atoms with van der Waals surface area (Å²) >= 11 is 0. The van der Waals surface area contributed by atoms with Crippen molar-refractivity contribution < 1.29 is 13.3 Å². The average Bonchev–Trinajstić information content (AvgIpc) is 2.38. The lowest BCUT2D eigenvalue weighted by molar-refractivity contribution is -0.535. The molecule has 1 aromatic rings. The molecule has 0 saturated carbocycles. The van der Waals surface area contributed by atoms with Crippen molar-refractivity contribution >= 4 is 9.84 Å². The number of rotatable bonds is 6. The van der Waals surface area contributed by atoms with E-state index in [4.69, 9.17) is 0 Å². The van der Waals surface area contributed by atoms with Gasteiger partial charge in [0.25, 0.3) is 0 Å². The van der Waals surface area contributed by atoms with Crippen LogP contribution in [0.4, 0.5) is 0 Å². The van der Waals surface area contributed by atoms with Crippen LogP contribution in [0.15, 0.2) is 54.0 Å². The Balaban J connectivity index is 3.32. The van der Waals surface area contributed by atoms with Crippen LogP contribution in [-0.4, -0.2) is 18.2 Å². The average molecular weight is 295 g/mol. The van der Waals surface area contributed by atoms with Gasteiger partial charge in [0.15, 0.2) is 0 Å². The van der Waals surface area contributed by atoms with Gasteiger partial charge in [-0.2, -0.15) is 0 Å². The number of nitro groups is 1. The quantitative estimate of drug-likeness (QED) is 0.459. The van der Waals surface area contributed by atoms with Gasteiger partial charge in [0, 0.05) is 11.8 Å². The minimum absolute atomic E-state index is 0.0469. The molecular formula is C14H17NO4S. The highest BCUT2D eigenvalue weighted by molar-refractivity contribution is 7.92. The van der Waals surface area contributed by atoms with Crippen LogP contribution in [0, 0.1) is 17.0 Å². The summed E-state index contributed by atoms with van der Waals surface area (Å²) < 4.78 is 25.0. The van der Waals surface area contributed by atoms with Crippen molar-refractivity contribution in [1.29, 1.82) is 0 Å². The molecule has 0 fully saturated rings. The van der Waals surface area contributed by atoms with Crippen LogP contribution in [0.3, 0.4) is 0 Å². The number of sulfone groups is 1. The molecule has 0 N–H and O–H groups in total. The van der Waals surface area contributed by atoms with E-state index >= 15 is 0 Å². The number of allylic oxidation sites excluding steroid dienone is 2. The molecule has 0 aliphatic carbocycles. The maximum Gasteiger partial charge on any atom is 0.324 e. The Morgan fingerprint density at radius 3 is 2.35 bits per heavy atom. The maximum absolute atomic E-state index is 12.5. The first-order valence-corrected chi connectivity index (χ1v) is 7.47. The molecule has 0 aromatic heterocycles. The zero-order chi connectivity index (χ0) is 15.4. The Kier molecular flexibility index (Phi) is 4.83. The molecule has 5 nitrogen and oxygen atoms in total. The fourth-order valence-electron chi connectivity index (χ4n) is 1.64. The summed E-state index contributed by atoms with van der Waals surface area (Å²) in [4.78, 5) is 8.37. The van der Waals surface area contributed by atoms with Crippen LogP contribution < -0.4 is 0 Å². The van der Waals surface area contributed by atoms with Gasteiger partial charge in [0.05, 0.1) is 11.3 Å². The molecule has 0 amide bonds. The van der Waals surface area contributed by atoms with E-state index in [-0.39, 0.29) is 11.3 Å². The second kappa shape index (κ2) is 6.00. The molecular weight excluding hydrogens is 278 g/mol. The molecule has 0 bridgehead atoms. The van der Waals surface area contributed by atoms with E-state index < -0.39 is 19.6 Å². The lowest BCUT2D eigenvalue weighted by Crippen LogP contribution is -2.42. The third-order valence-corrected chi connectivity index (χ3v) is 5.43. The molecule has 0 spiro atoms. The Morgan fingerprint density at radius 2 is 1.90 bits per heavy atom. The Hall–Kier alpha value is -1.95. The molecule has 1 unspecified atom stereocenters. The Morgan fingerprint density at radius 1 is 1.35 bits per heavy atom. The monoisotopic (exact) mass is 295 g/mol. The van der Waals surface area contributed by atoms with Crippen molar-refractivity contribution in [3.8, 4) is 0 Å².